The zero-order valence-corrected chi connectivity index (χ0v) is 9.51. The molecule has 1 aromatic rings. The zero-order chi connectivity index (χ0) is 10.8. The monoisotopic (exact) mass is 205 g/mol. The van der Waals surface area contributed by atoms with E-state index in [0.29, 0.717) is 11.8 Å². The zero-order valence-electron chi connectivity index (χ0n) is 9.51. The van der Waals surface area contributed by atoms with E-state index in [1.165, 1.54) is 24.0 Å². The summed E-state index contributed by atoms with van der Waals surface area (Å²) in [6, 6.07) is 4.62. The first-order valence-electron chi connectivity index (χ1n) is 5.69. The Hall–Kier alpha value is -1.02. The summed E-state index contributed by atoms with van der Waals surface area (Å²) in [5, 5.41) is 13.1. The molecule has 1 aliphatic rings. The van der Waals surface area contributed by atoms with Gasteiger partial charge in [0.25, 0.3) is 0 Å². The lowest BCUT2D eigenvalue weighted by molar-refractivity contribution is 0.470. The number of nitrogens with one attached hydrogen (secondary N) is 1. The number of hydrogen-bond donors (Lipinski definition) is 2. The molecule has 0 saturated carbocycles. The molecular weight excluding hydrogens is 186 g/mol. The van der Waals surface area contributed by atoms with E-state index >= 15 is 0 Å². The van der Waals surface area contributed by atoms with Crippen molar-refractivity contribution in [2.24, 2.45) is 0 Å². The minimum absolute atomic E-state index is 0.413. The lowest BCUT2D eigenvalue weighted by Crippen LogP contribution is -2.24. The van der Waals surface area contributed by atoms with Gasteiger partial charge in [0.2, 0.25) is 0 Å². The van der Waals surface area contributed by atoms with Crippen LogP contribution >= 0.6 is 0 Å². The maximum Gasteiger partial charge on any atom is 0.118 e. The number of benzene rings is 1. The number of aryl methyl sites for hydroxylation is 2. The average molecular weight is 205 g/mol. The van der Waals surface area contributed by atoms with Crippen LogP contribution in [0.3, 0.4) is 0 Å². The van der Waals surface area contributed by atoms with Gasteiger partial charge in [-0.2, -0.15) is 0 Å². The van der Waals surface area contributed by atoms with Crippen molar-refractivity contribution in [3.05, 3.63) is 28.8 Å². The molecule has 2 N–H and O–H groups in total. The van der Waals surface area contributed by atoms with Crippen LogP contribution in [0.1, 0.15) is 29.5 Å². The van der Waals surface area contributed by atoms with Crippen molar-refractivity contribution in [2.45, 2.75) is 39.2 Å². The van der Waals surface area contributed by atoms with E-state index in [-0.39, 0.29) is 0 Å². The summed E-state index contributed by atoms with van der Waals surface area (Å²) in [4.78, 5) is 0. The molecule has 1 aromatic carbocycles. The van der Waals surface area contributed by atoms with Crippen LogP contribution in [0.2, 0.25) is 0 Å². The van der Waals surface area contributed by atoms with Gasteiger partial charge in [-0.05, 0) is 62.4 Å². The summed E-state index contributed by atoms with van der Waals surface area (Å²) in [6.45, 7) is 5.19. The third kappa shape index (κ3) is 2.32. The summed E-state index contributed by atoms with van der Waals surface area (Å²) in [5.74, 6) is 0.413. The van der Waals surface area contributed by atoms with E-state index in [4.69, 9.17) is 0 Å². The van der Waals surface area contributed by atoms with Crippen molar-refractivity contribution < 1.29 is 5.11 Å². The normalized spacial score (nSPS) is 20.8. The Morgan fingerprint density at radius 3 is 2.80 bits per heavy atom. The molecule has 0 radical (unpaired) electrons. The highest BCUT2D eigenvalue weighted by molar-refractivity contribution is 5.40. The summed E-state index contributed by atoms with van der Waals surface area (Å²) in [5.41, 5.74) is 3.55. The lowest BCUT2D eigenvalue weighted by Gasteiger charge is -2.13. The molecule has 1 heterocycles. The quantitative estimate of drug-likeness (QED) is 0.776. The van der Waals surface area contributed by atoms with Crippen LogP contribution in [-0.4, -0.2) is 17.7 Å². The third-order valence-electron chi connectivity index (χ3n) is 3.28. The molecule has 82 valence electrons. The second kappa shape index (κ2) is 4.23. The third-order valence-corrected chi connectivity index (χ3v) is 3.28. The Kier molecular flexibility index (Phi) is 2.96. The number of rotatable bonds is 2. The van der Waals surface area contributed by atoms with E-state index in [0.717, 1.165) is 18.5 Å². The van der Waals surface area contributed by atoms with Crippen LogP contribution in [0, 0.1) is 13.8 Å². The number of phenolic OH excluding ortho intramolecular Hbond substituents is 1. The number of phenols is 1. The number of hydrogen-bond acceptors (Lipinski definition) is 2. The van der Waals surface area contributed by atoms with E-state index in [2.05, 4.69) is 18.3 Å². The highest BCUT2D eigenvalue weighted by Crippen LogP contribution is 2.23. The molecule has 0 amide bonds. The molecule has 2 heteroatoms. The minimum Gasteiger partial charge on any atom is -0.508 e. The molecule has 1 saturated heterocycles. The Labute approximate surface area is 91.3 Å². The molecule has 15 heavy (non-hydrogen) atoms. The predicted octanol–water partition coefficient (Wildman–Crippen LogP) is 2.30. The van der Waals surface area contributed by atoms with E-state index in [9.17, 15) is 5.11 Å². The second-order valence-electron chi connectivity index (χ2n) is 4.56. The fraction of sp³-hybridized carbons (Fsp3) is 0.538. The van der Waals surface area contributed by atoms with Gasteiger partial charge in [0.15, 0.2) is 0 Å². The van der Waals surface area contributed by atoms with E-state index in [1.807, 2.05) is 13.0 Å². The van der Waals surface area contributed by atoms with Gasteiger partial charge in [-0.15, -0.1) is 0 Å². The first-order chi connectivity index (χ1) is 7.16. The van der Waals surface area contributed by atoms with Crippen molar-refractivity contribution in [1.82, 2.24) is 5.32 Å². The van der Waals surface area contributed by atoms with Crippen LogP contribution in [0.5, 0.6) is 5.75 Å². The Morgan fingerprint density at radius 1 is 1.33 bits per heavy atom. The molecule has 0 bridgehead atoms. The van der Waals surface area contributed by atoms with Gasteiger partial charge in [-0.1, -0.05) is 6.07 Å². The standard InChI is InChI=1S/C13H19NO/c1-9-7-13(15)10(2)6-11(9)8-12-4-3-5-14-12/h6-7,12,14-15H,3-5,8H2,1-2H3. The van der Waals surface area contributed by atoms with E-state index in [1.54, 1.807) is 0 Å². The first-order valence-corrected chi connectivity index (χ1v) is 5.69. The molecule has 1 atom stereocenters. The SMILES string of the molecule is Cc1cc(CC2CCCN2)c(C)cc1O. The molecule has 1 unspecified atom stereocenters. The molecular formula is C13H19NO. The van der Waals surface area contributed by atoms with Gasteiger partial charge in [0.1, 0.15) is 5.75 Å². The lowest BCUT2D eigenvalue weighted by atomic mass is 9.98. The van der Waals surface area contributed by atoms with Crippen molar-refractivity contribution in [2.75, 3.05) is 6.54 Å². The van der Waals surface area contributed by atoms with Crippen LogP contribution in [0.15, 0.2) is 12.1 Å². The molecule has 1 aliphatic heterocycles. The Balaban J connectivity index is 2.16. The molecule has 2 rings (SSSR count). The van der Waals surface area contributed by atoms with Gasteiger partial charge in [0, 0.05) is 6.04 Å². The Bertz CT molecular complexity index is 354. The summed E-state index contributed by atoms with van der Waals surface area (Å²) >= 11 is 0. The van der Waals surface area contributed by atoms with Gasteiger partial charge in [-0.25, -0.2) is 0 Å². The molecule has 2 nitrogen and oxygen atoms in total. The molecule has 0 spiro atoms. The highest BCUT2D eigenvalue weighted by atomic mass is 16.3. The summed E-state index contributed by atoms with van der Waals surface area (Å²) in [6.07, 6.45) is 3.66. The number of aromatic hydroxyl groups is 1. The Morgan fingerprint density at radius 2 is 2.13 bits per heavy atom. The van der Waals surface area contributed by atoms with Gasteiger partial charge < -0.3 is 10.4 Å². The fourth-order valence-corrected chi connectivity index (χ4v) is 2.28. The fourth-order valence-electron chi connectivity index (χ4n) is 2.28. The van der Waals surface area contributed by atoms with Crippen molar-refractivity contribution >= 4 is 0 Å². The van der Waals surface area contributed by atoms with Gasteiger partial charge >= 0.3 is 0 Å². The molecule has 1 fully saturated rings. The van der Waals surface area contributed by atoms with Crippen molar-refractivity contribution in [1.29, 1.82) is 0 Å². The topological polar surface area (TPSA) is 32.3 Å². The maximum atomic E-state index is 9.57. The largest absolute Gasteiger partial charge is 0.508 e. The first kappa shape index (κ1) is 10.5. The van der Waals surface area contributed by atoms with Gasteiger partial charge in [0.05, 0.1) is 0 Å². The van der Waals surface area contributed by atoms with Crippen LogP contribution < -0.4 is 5.32 Å². The van der Waals surface area contributed by atoms with Crippen molar-refractivity contribution in [3.8, 4) is 5.75 Å². The maximum absolute atomic E-state index is 9.57. The molecule has 0 aliphatic carbocycles. The van der Waals surface area contributed by atoms with Gasteiger partial charge in [-0.3, -0.25) is 0 Å². The minimum atomic E-state index is 0.413. The van der Waals surface area contributed by atoms with Crippen LogP contribution in [0.4, 0.5) is 0 Å². The van der Waals surface area contributed by atoms with E-state index < -0.39 is 0 Å². The van der Waals surface area contributed by atoms with Crippen LogP contribution in [-0.2, 0) is 6.42 Å². The summed E-state index contributed by atoms with van der Waals surface area (Å²) in [7, 11) is 0. The second-order valence-corrected chi connectivity index (χ2v) is 4.56. The summed E-state index contributed by atoms with van der Waals surface area (Å²) < 4.78 is 0. The van der Waals surface area contributed by atoms with Crippen molar-refractivity contribution in [3.63, 3.8) is 0 Å². The van der Waals surface area contributed by atoms with Crippen LogP contribution in [0.25, 0.3) is 0 Å². The highest BCUT2D eigenvalue weighted by Gasteiger charge is 2.15. The average Bonchev–Trinajstić information content (AvgIpc) is 2.67. The molecule has 0 aromatic heterocycles. The smallest absolute Gasteiger partial charge is 0.118 e. The predicted molar refractivity (Wildman–Crippen MR) is 62.3 cm³/mol.